The van der Waals surface area contributed by atoms with Crippen molar-refractivity contribution in [2.75, 3.05) is 59.2 Å². The van der Waals surface area contributed by atoms with Crippen LogP contribution < -0.4 is 0 Å². The first kappa shape index (κ1) is 28.7. The Kier molecular flexibility index (Phi) is 9.28. The molecule has 2 unspecified atom stereocenters. The third-order valence-electron chi connectivity index (χ3n) is 8.39. The predicted octanol–water partition coefficient (Wildman–Crippen LogP) is 0.844. The van der Waals surface area contributed by atoms with Gasteiger partial charge in [-0.2, -0.15) is 0 Å². The Bertz CT molecular complexity index is 905. The van der Waals surface area contributed by atoms with Gasteiger partial charge in [-0.15, -0.1) is 6.58 Å². The number of nitrogens with zero attached hydrogens (tertiary/aromatic N) is 3. The highest BCUT2D eigenvalue weighted by molar-refractivity contribution is 5.98. The minimum Gasteiger partial charge on any atom is -0.461 e. The zero-order valence-electron chi connectivity index (χ0n) is 22.8. The van der Waals surface area contributed by atoms with E-state index >= 15 is 0 Å². The Morgan fingerprint density at radius 2 is 2.00 bits per heavy atom. The van der Waals surface area contributed by atoms with Crippen molar-refractivity contribution in [3.63, 3.8) is 0 Å². The number of aliphatic hydroxyl groups is 1. The maximum atomic E-state index is 14.4. The molecule has 10 heteroatoms. The predicted molar refractivity (Wildman–Crippen MR) is 140 cm³/mol. The van der Waals surface area contributed by atoms with E-state index in [0.717, 1.165) is 13.1 Å². The number of esters is 1. The lowest BCUT2D eigenvalue weighted by atomic mass is 9.70. The molecule has 0 saturated carbocycles. The topological polar surface area (TPSA) is 109 Å². The summed E-state index contributed by atoms with van der Waals surface area (Å²) in [4.78, 5) is 47.2. The Morgan fingerprint density at radius 3 is 2.63 bits per heavy atom. The summed E-state index contributed by atoms with van der Waals surface area (Å²) in [5.74, 6) is -2.45. The summed E-state index contributed by atoms with van der Waals surface area (Å²) in [6.45, 7) is 15.7. The Morgan fingerprint density at radius 1 is 1.26 bits per heavy atom. The van der Waals surface area contributed by atoms with Gasteiger partial charge in [-0.3, -0.25) is 19.3 Å². The molecule has 4 aliphatic heterocycles. The van der Waals surface area contributed by atoms with E-state index in [-0.39, 0.29) is 30.9 Å². The van der Waals surface area contributed by atoms with E-state index in [1.807, 2.05) is 13.8 Å². The fourth-order valence-corrected chi connectivity index (χ4v) is 6.80. The van der Waals surface area contributed by atoms with Crippen molar-refractivity contribution in [2.45, 2.75) is 56.9 Å². The first-order chi connectivity index (χ1) is 18.3. The van der Waals surface area contributed by atoms with Crippen LogP contribution in [0, 0.1) is 17.8 Å². The smallest absolute Gasteiger partial charge is 0.312 e. The van der Waals surface area contributed by atoms with Crippen LogP contribution in [0.2, 0.25) is 0 Å². The number of ether oxygens (including phenoxy) is 3. The van der Waals surface area contributed by atoms with Crippen molar-refractivity contribution in [1.82, 2.24) is 14.7 Å². The molecule has 10 nitrogen and oxygen atoms in total. The second kappa shape index (κ2) is 12.3. The van der Waals surface area contributed by atoms with E-state index in [0.29, 0.717) is 52.1 Å². The van der Waals surface area contributed by atoms with Crippen LogP contribution >= 0.6 is 0 Å². The van der Waals surface area contributed by atoms with Crippen molar-refractivity contribution in [2.24, 2.45) is 17.8 Å². The van der Waals surface area contributed by atoms with Gasteiger partial charge in [0.25, 0.3) is 0 Å². The Hall–Kier alpha value is -2.27. The summed E-state index contributed by atoms with van der Waals surface area (Å²) < 4.78 is 17.3. The fraction of sp³-hybridized carbons (Fsp3) is 0.750. The quantitative estimate of drug-likeness (QED) is 0.274. The maximum absolute atomic E-state index is 14.4. The van der Waals surface area contributed by atoms with Gasteiger partial charge in [-0.05, 0) is 25.2 Å². The minimum atomic E-state index is -1.13. The lowest BCUT2D eigenvalue weighted by molar-refractivity contribution is -0.156. The highest BCUT2D eigenvalue weighted by atomic mass is 16.6. The first-order valence-corrected chi connectivity index (χ1v) is 13.9. The largest absolute Gasteiger partial charge is 0.461 e. The molecule has 4 rings (SSSR count). The summed E-state index contributed by atoms with van der Waals surface area (Å²) in [6.07, 6.45) is 4.29. The van der Waals surface area contributed by atoms with Crippen LogP contribution in [0.5, 0.6) is 0 Å². The van der Waals surface area contributed by atoms with E-state index in [1.165, 1.54) is 6.08 Å². The van der Waals surface area contributed by atoms with E-state index in [4.69, 9.17) is 14.2 Å². The number of rotatable bonds is 13. The zero-order chi connectivity index (χ0) is 27.4. The first-order valence-electron chi connectivity index (χ1n) is 13.9. The summed E-state index contributed by atoms with van der Waals surface area (Å²) >= 11 is 0. The van der Waals surface area contributed by atoms with Crippen molar-refractivity contribution < 1.29 is 33.7 Å². The van der Waals surface area contributed by atoms with Gasteiger partial charge in [0.2, 0.25) is 11.8 Å². The molecule has 2 amide bonds. The van der Waals surface area contributed by atoms with E-state index < -0.39 is 41.6 Å². The van der Waals surface area contributed by atoms with Crippen LogP contribution in [0.15, 0.2) is 25.3 Å². The molecule has 212 valence electrons. The molecule has 2 bridgehead atoms. The fourth-order valence-electron chi connectivity index (χ4n) is 6.80. The number of carbonyl (C=O) groups excluding carboxylic acids is 3. The third-order valence-corrected chi connectivity index (χ3v) is 8.39. The van der Waals surface area contributed by atoms with Crippen molar-refractivity contribution in [1.29, 1.82) is 0 Å². The van der Waals surface area contributed by atoms with Crippen LogP contribution in [0.25, 0.3) is 0 Å². The van der Waals surface area contributed by atoms with Crippen LogP contribution in [0.1, 0.15) is 33.1 Å². The zero-order valence-corrected chi connectivity index (χ0v) is 22.8. The van der Waals surface area contributed by atoms with Gasteiger partial charge in [0.1, 0.15) is 18.2 Å². The molecule has 4 saturated heterocycles. The normalized spacial score (nSPS) is 31.4. The standard InChI is InChI=1S/C28H43N3O7/c1-5-9-30(11-10-29-12-15-36-16-13-29)26(34)24-28-8-7-21(38-28)22(27(35)37-14-6-2)23(28)25(33)31(24)20(18-32)17-19(3)4/h5-6,19-24,32H,1-2,7-18H2,3-4H3/t20-,21+,22-,23+,24?,28?/m1/s1. The van der Waals surface area contributed by atoms with Gasteiger partial charge in [0, 0.05) is 32.7 Å². The molecule has 0 aromatic rings. The lowest BCUT2D eigenvalue weighted by Gasteiger charge is -2.40. The van der Waals surface area contributed by atoms with Crippen molar-refractivity contribution >= 4 is 17.8 Å². The van der Waals surface area contributed by atoms with E-state index in [1.54, 1.807) is 15.9 Å². The highest BCUT2D eigenvalue weighted by Crippen LogP contribution is 2.59. The van der Waals surface area contributed by atoms with Gasteiger partial charge >= 0.3 is 5.97 Å². The number of carbonyl (C=O) groups is 3. The number of amides is 2. The average Bonchev–Trinajstić information content (AvgIpc) is 3.55. The average molecular weight is 534 g/mol. The molecular weight excluding hydrogens is 490 g/mol. The summed E-state index contributed by atoms with van der Waals surface area (Å²) in [5.41, 5.74) is -1.13. The molecule has 0 radical (unpaired) electrons. The van der Waals surface area contributed by atoms with Crippen molar-refractivity contribution in [3.8, 4) is 0 Å². The molecule has 1 spiro atoms. The van der Waals surface area contributed by atoms with Crippen LogP contribution in [-0.4, -0.2) is 121 Å². The van der Waals surface area contributed by atoms with Gasteiger partial charge in [-0.25, -0.2) is 0 Å². The maximum Gasteiger partial charge on any atom is 0.312 e. The molecule has 38 heavy (non-hydrogen) atoms. The number of aliphatic hydroxyl groups excluding tert-OH is 1. The van der Waals surface area contributed by atoms with E-state index in [2.05, 4.69) is 18.1 Å². The van der Waals surface area contributed by atoms with Gasteiger partial charge < -0.3 is 29.1 Å². The summed E-state index contributed by atoms with van der Waals surface area (Å²) in [5, 5.41) is 10.4. The molecule has 4 heterocycles. The Balaban J connectivity index is 1.67. The monoisotopic (exact) mass is 533 g/mol. The second-order valence-corrected chi connectivity index (χ2v) is 11.2. The number of morpholine rings is 1. The van der Waals surface area contributed by atoms with Gasteiger partial charge in [-0.1, -0.05) is 32.6 Å². The molecule has 0 aliphatic carbocycles. The van der Waals surface area contributed by atoms with Gasteiger partial charge in [0.15, 0.2) is 0 Å². The molecule has 0 aromatic heterocycles. The highest BCUT2D eigenvalue weighted by Gasteiger charge is 2.75. The van der Waals surface area contributed by atoms with Crippen LogP contribution in [-0.2, 0) is 28.6 Å². The molecule has 4 aliphatic rings. The van der Waals surface area contributed by atoms with Crippen LogP contribution in [0.3, 0.4) is 0 Å². The minimum absolute atomic E-state index is 0.0449. The molecular formula is C28H43N3O7. The van der Waals surface area contributed by atoms with Gasteiger partial charge in [0.05, 0.1) is 43.8 Å². The van der Waals surface area contributed by atoms with E-state index in [9.17, 15) is 19.5 Å². The molecule has 4 fully saturated rings. The SMILES string of the molecule is C=CCOC(=O)[C@@H]1[C@@H]2CCC3(O2)C(C(=O)N(CC=C)CCN2CCOCC2)N([C@@H](CO)CC(C)C)C(=O)[C@H]13. The summed E-state index contributed by atoms with van der Waals surface area (Å²) in [6, 6.07) is -1.49. The number of likely N-dealkylation sites (tertiary alicyclic amines) is 1. The molecule has 6 atom stereocenters. The lowest BCUT2D eigenvalue weighted by Crippen LogP contribution is -2.59. The van der Waals surface area contributed by atoms with Crippen molar-refractivity contribution in [3.05, 3.63) is 25.3 Å². The number of hydrogen-bond acceptors (Lipinski definition) is 8. The number of fused-ring (bicyclic) bond motifs is 1. The second-order valence-electron chi connectivity index (χ2n) is 11.2. The molecule has 1 N–H and O–H groups in total. The number of hydrogen-bond donors (Lipinski definition) is 1. The third kappa shape index (κ3) is 5.28. The molecule has 0 aromatic carbocycles. The van der Waals surface area contributed by atoms with Crippen LogP contribution in [0.4, 0.5) is 0 Å². The Labute approximate surface area is 225 Å². The summed E-state index contributed by atoms with van der Waals surface area (Å²) in [7, 11) is 0.